The average Bonchev–Trinajstić information content (AvgIpc) is 2.53. The molecule has 1 aromatic carbocycles. The number of hydrogen-bond donors (Lipinski definition) is 2. The molecule has 0 unspecified atom stereocenters. The Labute approximate surface area is 133 Å². The van der Waals surface area contributed by atoms with Crippen molar-refractivity contribution in [1.29, 1.82) is 0 Å². The fourth-order valence-corrected chi connectivity index (χ4v) is 2.28. The lowest BCUT2D eigenvalue weighted by molar-refractivity contribution is 0.813. The van der Waals surface area contributed by atoms with Gasteiger partial charge < -0.3 is 15.5 Å². The topological polar surface area (TPSA) is 53.1 Å². The molecule has 0 fully saturated rings. The van der Waals surface area contributed by atoms with E-state index in [1.54, 1.807) is 6.20 Å². The molecule has 0 bridgehead atoms. The van der Waals surface area contributed by atoms with Gasteiger partial charge in [0.05, 0.1) is 4.47 Å². The smallest absolute Gasteiger partial charge is 0.224 e. The van der Waals surface area contributed by atoms with Crippen LogP contribution in [0.2, 0.25) is 0 Å². The number of nitrogens with zero attached hydrogens (tertiary/aromatic N) is 3. The standard InChI is InChI=1S/C15H20BrN5/c1-17-15-19-11-13(16)14(20-15)18-9-6-10-21(2)12-7-4-3-5-8-12/h3-5,7-8,11H,6,9-10H2,1-2H3,(H2,17,18,19,20). The Bertz CT molecular complexity index is 561. The molecular formula is C15H20BrN5. The number of anilines is 3. The second kappa shape index (κ2) is 7.83. The van der Waals surface area contributed by atoms with Crippen LogP contribution in [-0.2, 0) is 0 Å². The van der Waals surface area contributed by atoms with Crippen molar-refractivity contribution in [3.8, 4) is 0 Å². The van der Waals surface area contributed by atoms with E-state index in [1.807, 2.05) is 13.1 Å². The Morgan fingerprint density at radius 1 is 1.24 bits per heavy atom. The molecule has 0 radical (unpaired) electrons. The zero-order valence-corrected chi connectivity index (χ0v) is 13.9. The van der Waals surface area contributed by atoms with Gasteiger partial charge in [-0.1, -0.05) is 18.2 Å². The van der Waals surface area contributed by atoms with Gasteiger partial charge in [0.25, 0.3) is 0 Å². The van der Waals surface area contributed by atoms with E-state index in [-0.39, 0.29) is 0 Å². The maximum absolute atomic E-state index is 4.37. The van der Waals surface area contributed by atoms with Crippen LogP contribution in [0, 0.1) is 0 Å². The lowest BCUT2D eigenvalue weighted by Gasteiger charge is -2.19. The number of hydrogen-bond acceptors (Lipinski definition) is 5. The monoisotopic (exact) mass is 349 g/mol. The SMILES string of the molecule is CNc1ncc(Br)c(NCCCN(C)c2ccccc2)n1. The average molecular weight is 350 g/mol. The molecule has 0 saturated heterocycles. The highest BCUT2D eigenvalue weighted by Gasteiger charge is 2.04. The largest absolute Gasteiger partial charge is 0.375 e. The fraction of sp³-hybridized carbons (Fsp3) is 0.333. The number of rotatable bonds is 7. The van der Waals surface area contributed by atoms with Gasteiger partial charge in [-0.2, -0.15) is 4.98 Å². The molecule has 0 amide bonds. The first-order valence-corrected chi connectivity index (χ1v) is 7.70. The summed E-state index contributed by atoms with van der Waals surface area (Å²) in [5.41, 5.74) is 1.23. The van der Waals surface area contributed by atoms with Crippen LogP contribution in [0.1, 0.15) is 6.42 Å². The van der Waals surface area contributed by atoms with Gasteiger partial charge in [-0.3, -0.25) is 0 Å². The third kappa shape index (κ3) is 4.60. The molecule has 112 valence electrons. The zero-order chi connectivity index (χ0) is 15.1. The molecule has 0 aliphatic heterocycles. The summed E-state index contributed by atoms with van der Waals surface area (Å²) >= 11 is 3.45. The van der Waals surface area contributed by atoms with E-state index in [1.165, 1.54) is 5.69 Å². The maximum atomic E-state index is 4.37. The van der Waals surface area contributed by atoms with Crippen molar-refractivity contribution in [1.82, 2.24) is 9.97 Å². The lowest BCUT2D eigenvalue weighted by atomic mass is 10.3. The Morgan fingerprint density at radius 3 is 2.71 bits per heavy atom. The van der Waals surface area contributed by atoms with Gasteiger partial charge >= 0.3 is 0 Å². The van der Waals surface area contributed by atoms with Gasteiger partial charge in [0.1, 0.15) is 5.82 Å². The second-order valence-electron chi connectivity index (χ2n) is 4.68. The Morgan fingerprint density at radius 2 is 2.00 bits per heavy atom. The number of aromatic nitrogens is 2. The summed E-state index contributed by atoms with van der Waals surface area (Å²) in [6.07, 6.45) is 2.77. The van der Waals surface area contributed by atoms with Crippen molar-refractivity contribution < 1.29 is 0 Å². The van der Waals surface area contributed by atoms with Crippen molar-refractivity contribution >= 4 is 33.4 Å². The highest BCUT2D eigenvalue weighted by Crippen LogP contribution is 2.19. The molecule has 0 atom stereocenters. The van der Waals surface area contributed by atoms with Crippen molar-refractivity contribution in [3.63, 3.8) is 0 Å². The molecule has 6 heteroatoms. The van der Waals surface area contributed by atoms with E-state index < -0.39 is 0 Å². The normalized spacial score (nSPS) is 10.2. The summed E-state index contributed by atoms with van der Waals surface area (Å²) < 4.78 is 0.873. The van der Waals surface area contributed by atoms with Gasteiger partial charge in [-0.05, 0) is 34.5 Å². The first-order chi connectivity index (χ1) is 10.2. The first-order valence-electron chi connectivity index (χ1n) is 6.91. The van der Waals surface area contributed by atoms with E-state index in [9.17, 15) is 0 Å². The predicted molar refractivity (Wildman–Crippen MR) is 92.1 cm³/mol. The molecule has 1 heterocycles. The molecule has 2 aromatic rings. The second-order valence-corrected chi connectivity index (χ2v) is 5.53. The van der Waals surface area contributed by atoms with Crippen LogP contribution in [0.4, 0.5) is 17.5 Å². The zero-order valence-electron chi connectivity index (χ0n) is 12.3. The van der Waals surface area contributed by atoms with Crippen molar-refractivity contribution in [2.45, 2.75) is 6.42 Å². The van der Waals surface area contributed by atoms with Crippen LogP contribution in [0.5, 0.6) is 0 Å². The van der Waals surface area contributed by atoms with Gasteiger partial charge in [0.2, 0.25) is 5.95 Å². The van der Waals surface area contributed by atoms with Gasteiger partial charge in [0.15, 0.2) is 0 Å². The van der Waals surface area contributed by atoms with Crippen molar-refractivity contribution in [2.24, 2.45) is 0 Å². The summed E-state index contributed by atoms with van der Waals surface area (Å²) in [6.45, 7) is 1.84. The summed E-state index contributed by atoms with van der Waals surface area (Å²) in [6, 6.07) is 10.4. The van der Waals surface area contributed by atoms with Crippen LogP contribution < -0.4 is 15.5 Å². The van der Waals surface area contributed by atoms with Crippen LogP contribution in [0.25, 0.3) is 0 Å². The van der Waals surface area contributed by atoms with E-state index in [2.05, 4.69) is 72.7 Å². The fourth-order valence-electron chi connectivity index (χ4n) is 1.95. The van der Waals surface area contributed by atoms with Gasteiger partial charge in [-0.25, -0.2) is 4.98 Å². The molecule has 0 aliphatic rings. The van der Waals surface area contributed by atoms with Crippen LogP contribution in [0.3, 0.4) is 0 Å². The lowest BCUT2D eigenvalue weighted by Crippen LogP contribution is -2.21. The highest BCUT2D eigenvalue weighted by atomic mass is 79.9. The number of para-hydroxylation sites is 1. The number of halogens is 1. The van der Waals surface area contributed by atoms with Gasteiger partial charge in [-0.15, -0.1) is 0 Å². The Balaban J connectivity index is 1.80. The molecule has 0 spiro atoms. The van der Waals surface area contributed by atoms with Crippen molar-refractivity contribution in [2.75, 3.05) is 42.7 Å². The predicted octanol–water partition coefficient (Wildman–Crippen LogP) is 3.22. The van der Waals surface area contributed by atoms with E-state index >= 15 is 0 Å². The summed E-state index contributed by atoms with van der Waals surface area (Å²) in [7, 11) is 3.91. The minimum atomic E-state index is 0.613. The summed E-state index contributed by atoms with van der Waals surface area (Å²) in [4.78, 5) is 10.8. The van der Waals surface area contributed by atoms with Crippen LogP contribution in [-0.4, -0.2) is 37.2 Å². The van der Waals surface area contributed by atoms with Gasteiger partial charge in [0, 0.05) is 39.1 Å². The first kappa shape index (κ1) is 15.6. The Hall–Kier alpha value is -1.82. The molecule has 0 aliphatic carbocycles. The quantitative estimate of drug-likeness (QED) is 0.751. The molecule has 2 N–H and O–H groups in total. The van der Waals surface area contributed by atoms with Crippen LogP contribution >= 0.6 is 15.9 Å². The minimum Gasteiger partial charge on any atom is -0.375 e. The molecule has 2 rings (SSSR count). The van der Waals surface area contributed by atoms with Crippen molar-refractivity contribution in [3.05, 3.63) is 41.0 Å². The molecular weight excluding hydrogens is 330 g/mol. The number of nitrogens with one attached hydrogen (secondary N) is 2. The summed E-state index contributed by atoms with van der Waals surface area (Å²) in [5.74, 6) is 1.43. The Kier molecular flexibility index (Phi) is 5.80. The molecule has 5 nitrogen and oxygen atoms in total. The number of benzene rings is 1. The third-order valence-corrected chi connectivity index (χ3v) is 3.71. The maximum Gasteiger partial charge on any atom is 0.224 e. The highest BCUT2D eigenvalue weighted by molar-refractivity contribution is 9.10. The third-order valence-electron chi connectivity index (χ3n) is 3.13. The molecule has 21 heavy (non-hydrogen) atoms. The molecule has 1 aromatic heterocycles. The van der Waals surface area contributed by atoms with E-state index in [0.717, 1.165) is 29.8 Å². The summed E-state index contributed by atoms with van der Waals surface area (Å²) in [5, 5.41) is 6.26. The van der Waals surface area contributed by atoms with E-state index in [4.69, 9.17) is 0 Å². The minimum absolute atomic E-state index is 0.613. The van der Waals surface area contributed by atoms with Crippen LogP contribution in [0.15, 0.2) is 41.0 Å². The molecule has 0 saturated carbocycles. The van der Waals surface area contributed by atoms with E-state index in [0.29, 0.717) is 5.95 Å².